The van der Waals surface area contributed by atoms with Crippen molar-refractivity contribution < 1.29 is 19.9 Å². The van der Waals surface area contributed by atoms with Gasteiger partial charge in [0.05, 0.1) is 29.0 Å². The zero-order chi connectivity index (χ0) is 18.3. The van der Waals surface area contributed by atoms with Crippen molar-refractivity contribution in [2.45, 2.75) is 6.54 Å². The molecule has 0 fully saturated rings. The van der Waals surface area contributed by atoms with Gasteiger partial charge in [0.1, 0.15) is 17.2 Å². The van der Waals surface area contributed by atoms with Crippen LogP contribution in [-0.2, 0) is 6.54 Å². The summed E-state index contributed by atoms with van der Waals surface area (Å²) in [7, 11) is 0. The van der Waals surface area contributed by atoms with Crippen molar-refractivity contribution in [1.82, 2.24) is 15.1 Å². The van der Waals surface area contributed by atoms with E-state index < -0.39 is 4.92 Å². The van der Waals surface area contributed by atoms with Crippen molar-refractivity contribution in [3.05, 3.63) is 40.4 Å². The molecule has 1 aliphatic rings. The summed E-state index contributed by atoms with van der Waals surface area (Å²) in [4.78, 5) is 10.9. The summed E-state index contributed by atoms with van der Waals surface area (Å²) in [5.74, 6) is 0.637. The van der Waals surface area contributed by atoms with Gasteiger partial charge in [0.15, 0.2) is 0 Å². The number of hydrogen-bond acceptors (Lipinski definition) is 7. The van der Waals surface area contributed by atoms with E-state index >= 15 is 0 Å². The number of nitro benzene ring substituents is 1. The van der Waals surface area contributed by atoms with E-state index in [1.165, 1.54) is 18.2 Å². The van der Waals surface area contributed by atoms with Crippen molar-refractivity contribution in [3.63, 3.8) is 0 Å². The first kappa shape index (κ1) is 18.9. The first-order valence-corrected chi connectivity index (χ1v) is 8.11. The summed E-state index contributed by atoms with van der Waals surface area (Å²) in [5, 5.41) is 38.3. The molecule has 2 heterocycles. The minimum Gasteiger partial charge on any atom is -0.508 e. The number of nitrogens with one attached hydrogen (secondary N) is 1. The fourth-order valence-corrected chi connectivity index (χ4v) is 3.13. The molecule has 0 radical (unpaired) electrons. The largest absolute Gasteiger partial charge is 0.508 e. The molecule has 0 amide bonds. The molecule has 2 aromatic carbocycles. The van der Waals surface area contributed by atoms with Gasteiger partial charge >= 0.3 is 5.69 Å². The Morgan fingerprint density at radius 1 is 1.26 bits per heavy atom. The summed E-state index contributed by atoms with van der Waals surface area (Å²) in [6, 6.07) is 7.62. The van der Waals surface area contributed by atoms with Crippen molar-refractivity contribution in [2.75, 3.05) is 19.7 Å². The zero-order valence-corrected chi connectivity index (χ0v) is 14.9. The number of hydrogen-bond donors (Lipinski definition) is 3. The average Bonchev–Trinajstić information content (AvgIpc) is 2.99. The molecule has 1 aromatic heterocycles. The smallest absolute Gasteiger partial charge is 0.312 e. The van der Waals surface area contributed by atoms with Gasteiger partial charge in [-0.2, -0.15) is 5.10 Å². The molecule has 0 unspecified atom stereocenters. The number of nitro groups is 1. The molecule has 0 saturated heterocycles. The Kier molecular flexibility index (Phi) is 5.17. The van der Waals surface area contributed by atoms with Crippen LogP contribution in [0, 0.1) is 10.1 Å². The summed E-state index contributed by atoms with van der Waals surface area (Å²) >= 11 is 0. The van der Waals surface area contributed by atoms with Crippen molar-refractivity contribution in [2.24, 2.45) is 0 Å². The second-order valence-electron chi connectivity index (χ2n) is 5.89. The number of aromatic hydroxyl groups is 1. The first-order valence-electron chi connectivity index (χ1n) is 8.11. The van der Waals surface area contributed by atoms with Crippen LogP contribution in [-0.4, -0.2) is 44.6 Å². The molecule has 1 aliphatic heterocycles. The lowest BCUT2D eigenvalue weighted by atomic mass is 10.0. The highest BCUT2D eigenvalue weighted by Crippen LogP contribution is 2.50. The SMILES string of the molecule is Cl.O=[N+]([O-])c1ccc2c3c(nn2CCNCCO)-c2cc(O)ccc2Oc13. The van der Waals surface area contributed by atoms with Crippen molar-refractivity contribution >= 4 is 29.0 Å². The highest BCUT2D eigenvalue weighted by Gasteiger charge is 2.31. The van der Waals surface area contributed by atoms with Crippen molar-refractivity contribution in [1.29, 1.82) is 0 Å². The summed E-state index contributed by atoms with van der Waals surface area (Å²) < 4.78 is 7.54. The quantitative estimate of drug-likeness (QED) is 0.261. The first-order chi connectivity index (χ1) is 12.6. The molecule has 27 heavy (non-hydrogen) atoms. The maximum absolute atomic E-state index is 11.4. The third-order valence-electron chi connectivity index (χ3n) is 4.27. The molecular formula is C17H17ClN4O5. The lowest BCUT2D eigenvalue weighted by Gasteiger charge is -2.16. The number of nitrogens with zero attached hydrogens (tertiary/aromatic N) is 3. The van der Waals surface area contributed by atoms with E-state index in [0.717, 1.165) is 0 Å². The van der Waals surface area contributed by atoms with Gasteiger partial charge in [-0.15, -0.1) is 12.4 Å². The Morgan fingerprint density at radius 2 is 2.07 bits per heavy atom. The third-order valence-corrected chi connectivity index (χ3v) is 4.27. The van der Waals surface area contributed by atoms with Crippen LogP contribution in [0.5, 0.6) is 17.2 Å². The maximum atomic E-state index is 11.4. The average molecular weight is 393 g/mol. The number of fused-ring (bicyclic) bond motifs is 2. The van der Waals surface area contributed by atoms with Gasteiger partial charge < -0.3 is 20.3 Å². The van der Waals surface area contributed by atoms with Crippen LogP contribution in [0.3, 0.4) is 0 Å². The number of aliphatic hydroxyl groups is 1. The Bertz CT molecular complexity index is 1020. The molecule has 10 heteroatoms. The number of aromatic nitrogens is 2. The van der Waals surface area contributed by atoms with E-state index in [0.29, 0.717) is 47.5 Å². The molecule has 142 valence electrons. The predicted octanol–water partition coefficient (Wildman–Crippen LogP) is 2.43. The lowest BCUT2D eigenvalue weighted by Crippen LogP contribution is -2.23. The number of rotatable bonds is 6. The lowest BCUT2D eigenvalue weighted by molar-refractivity contribution is -0.385. The Balaban J connectivity index is 0.00000210. The Hall–Kier alpha value is -2.88. The number of halogens is 1. The molecule has 0 spiro atoms. The van der Waals surface area contributed by atoms with E-state index in [9.17, 15) is 15.2 Å². The predicted molar refractivity (Wildman–Crippen MR) is 101 cm³/mol. The fourth-order valence-electron chi connectivity index (χ4n) is 3.13. The number of phenolic OH excluding ortho intramolecular Hbond substituents is 1. The van der Waals surface area contributed by atoms with Crippen molar-refractivity contribution in [3.8, 4) is 28.5 Å². The Morgan fingerprint density at radius 3 is 2.81 bits per heavy atom. The molecular weight excluding hydrogens is 376 g/mol. The van der Waals surface area contributed by atoms with Crippen LogP contribution in [0.2, 0.25) is 0 Å². The van der Waals surface area contributed by atoms with Crippen LogP contribution in [0.1, 0.15) is 0 Å². The molecule has 3 aromatic rings. The van der Waals surface area contributed by atoms with Gasteiger partial charge in [0.2, 0.25) is 5.75 Å². The van der Waals surface area contributed by atoms with Gasteiger partial charge in [-0.3, -0.25) is 14.8 Å². The second kappa shape index (κ2) is 7.39. The maximum Gasteiger partial charge on any atom is 0.312 e. The number of aliphatic hydroxyl groups excluding tert-OH is 1. The van der Waals surface area contributed by atoms with E-state index in [-0.39, 0.29) is 36.2 Å². The van der Waals surface area contributed by atoms with Crippen LogP contribution in [0.25, 0.3) is 22.2 Å². The number of phenols is 1. The molecule has 9 nitrogen and oxygen atoms in total. The van der Waals surface area contributed by atoms with Crippen LogP contribution in [0.15, 0.2) is 30.3 Å². The van der Waals surface area contributed by atoms with Gasteiger partial charge in [0.25, 0.3) is 0 Å². The highest BCUT2D eigenvalue weighted by molar-refractivity contribution is 6.03. The monoisotopic (exact) mass is 392 g/mol. The topological polar surface area (TPSA) is 123 Å². The molecule has 4 rings (SSSR count). The standard InChI is InChI=1S/C17H16N4O5.ClH/c22-8-6-18-5-7-20-12-2-3-13(21(24)25)17-15(12)16(19-20)11-9-10(23)1-4-14(11)26-17;/h1-4,9,18,22-23H,5-8H2;1H. The Labute approximate surface area is 159 Å². The number of benzene rings is 2. The molecule has 0 aliphatic carbocycles. The van der Waals surface area contributed by atoms with Gasteiger partial charge in [-0.25, -0.2) is 0 Å². The van der Waals surface area contributed by atoms with Gasteiger partial charge in [0, 0.05) is 24.7 Å². The van der Waals surface area contributed by atoms with Gasteiger partial charge in [-0.1, -0.05) is 0 Å². The molecule has 0 bridgehead atoms. The highest BCUT2D eigenvalue weighted by atomic mass is 35.5. The summed E-state index contributed by atoms with van der Waals surface area (Å²) in [6.45, 7) is 1.61. The molecule has 0 atom stereocenters. The molecule has 0 saturated carbocycles. The van der Waals surface area contributed by atoms with Crippen LogP contribution < -0.4 is 10.1 Å². The summed E-state index contributed by atoms with van der Waals surface area (Å²) in [5.41, 5.74) is 1.71. The minimum atomic E-state index is -0.482. The summed E-state index contributed by atoms with van der Waals surface area (Å²) in [6.07, 6.45) is 0. The van der Waals surface area contributed by atoms with Gasteiger partial charge in [-0.05, 0) is 24.3 Å². The minimum absolute atomic E-state index is 0. The van der Waals surface area contributed by atoms with E-state index in [1.54, 1.807) is 16.8 Å². The third kappa shape index (κ3) is 3.16. The van der Waals surface area contributed by atoms with E-state index in [4.69, 9.17) is 9.84 Å². The van der Waals surface area contributed by atoms with Crippen LogP contribution >= 0.6 is 12.4 Å². The van der Waals surface area contributed by atoms with E-state index in [1.807, 2.05) is 0 Å². The van der Waals surface area contributed by atoms with Crippen LogP contribution in [0.4, 0.5) is 5.69 Å². The fraction of sp³-hybridized carbons (Fsp3) is 0.235. The van der Waals surface area contributed by atoms with E-state index in [2.05, 4.69) is 10.4 Å². The second-order valence-corrected chi connectivity index (χ2v) is 5.89. The zero-order valence-electron chi connectivity index (χ0n) is 14.1. The number of ether oxygens (including phenoxy) is 1. The molecule has 3 N–H and O–H groups in total. The normalized spacial score (nSPS) is 11.6.